The molecule has 8 nitrogen and oxygen atoms in total. The van der Waals surface area contributed by atoms with Crippen molar-refractivity contribution >= 4 is 39.2 Å². The Morgan fingerprint density at radius 1 is 1.35 bits per heavy atom. The second-order valence-corrected chi connectivity index (χ2v) is 7.48. The number of aryl methyl sites for hydroxylation is 1. The monoisotopic (exact) mass is 379 g/mol. The highest BCUT2D eigenvalue weighted by molar-refractivity contribution is 7.18. The van der Waals surface area contributed by atoms with Crippen LogP contribution in [-0.2, 0) is 11.2 Å². The van der Waals surface area contributed by atoms with E-state index in [4.69, 9.17) is 5.11 Å². The standard InChI is InChI=1S/C17H25N5O3S/c1-3-13-8-14-15(22-6-4-21(5-7-22)11(2)24)19-17(20-16(14)26-13)18-9-12(25)10-23/h8,12,23,25H,3-7,9-10H2,1-2H3,(H,18,19,20)/t12-/m1/s1. The van der Waals surface area contributed by atoms with Crippen LogP contribution >= 0.6 is 11.3 Å². The first kappa shape index (κ1) is 18.8. The van der Waals surface area contributed by atoms with E-state index in [1.54, 1.807) is 18.3 Å². The molecule has 0 radical (unpaired) electrons. The van der Waals surface area contributed by atoms with Gasteiger partial charge in [0.15, 0.2) is 0 Å². The zero-order valence-electron chi connectivity index (χ0n) is 15.1. The van der Waals surface area contributed by atoms with Crippen molar-refractivity contribution in [2.75, 3.05) is 49.5 Å². The van der Waals surface area contributed by atoms with Crippen molar-refractivity contribution in [1.82, 2.24) is 14.9 Å². The molecule has 2 aromatic rings. The second-order valence-electron chi connectivity index (χ2n) is 6.37. The van der Waals surface area contributed by atoms with Crippen LogP contribution in [0.5, 0.6) is 0 Å². The van der Waals surface area contributed by atoms with Crippen LogP contribution in [0, 0.1) is 0 Å². The molecule has 1 saturated heterocycles. The lowest BCUT2D eigenvalue weighted by molar-refractivity contribution is -0.129. The minimum Gasteiger partial charge on any atom is -0.394 e. The number of carbonyl (C=O) groups excluding carboxylic acids is 1. The van der Waals surface area contributed by atoms with E-state index in [0.29, 0.717) is 19.0 Å². The molecule has 0 spiro atoms. The number of anilines is 2. The van der Waals surface area contributed by atoms with Crippen molar-refractivity contribution in [3.63, 3.8) is 0 Å². The van der Waals surface area contributed by atoms with Gasteiger partial charge in [-0.3, -0.25) is 4.79 Å². The van der Waals surface area contributed by atoms with Crippen molar-refractivity contribution < 1.29 is 15.0 Å². The molecule has 1 atom stereocenters. The van der Waals surface area contributed by atoms with Gasteiger partial charge in [0.1, 0.15) is 10.6 Å². The van der Waals surface area contributed by atoms with Gasteiger partial charge < -0.3 is 25.3 Å². The van der Waals surface area contributed by atoms with Crippen molar-refractivity contribution in [2.24, 2.45) is 0 Å². The Morgan fingerprint density at radius 3 is 2.69 bits per heavy atom. The number of aromatic nitrogens is 2. The minimum absolute atomic E-state index is 0.0987. The Kier molecular flexibility index (Phi) is 5.90. The van der Waals surface area contributed by atoms with E-state index in [9.17, 15) is 9.90 Å². The summed E-state index contributed by atoms with van der Waals surface area (Å²) in [5, 5.41) is 22.6. The van der Waals surface area contributed by atoms with Crippen molar-refractivity contribution in [3.05, 3.63) is 10.9 Å². The van der Waals surface area contributed by atoms with Crippen LogP contribution in [0.1, 0.15) is 18.7 Å². The number of nitrogens with zero attached hydrogens (tertiary/aromatic N) is 4. The van der Waals surface area contributed by atoms with Gasteiger partial charge in [0.25, 0.3) is 0 Å². The maximum absolute atomic E-state index is 11.6. The number of hydrogen-bond acceptors (Lipinski definition) is 8. The third kappa shape index (κ3) is 4.05. The number of hydrogen-bond donors (Lipinski definition) is 3. The molecule has 1 aliphatic heterocycles. The number of rotatable bonds is 6. The van der Waals surface area contributed by atoms with Gasteiger partial charge in [-0.15, -0.1) is 11.3 Å². The molecule has 3 N–H and O–H groups in total. The highest BCUT2D eigenvalue weighted by Crippen LogP contribution is 2.32. The van der Waals surface area contributed by atoms with Crippen LogP contribution in [0.25, 0.3) is 10.2 Å². The first-order valence-electron chi connectivity index (χ1n) is 8.85. The van der Waals surface area contributed by atoms with Crippen LogP contribution in [0.15, 0.2) is 6.07 Å². The number of aliphatic hydroxyl groups excluding tert-OH is 2. The number of aliphatic hydroxyl groups is 2. The Morgan fingerprint density at radius 2 is 2.08 bits per heavy atom. The van der Waals surface area contributed by atoms with Crippen molar-refractivity contribution in [2.45, 2.75) is 26.4 Å². The summed E-state index contributed by atoms with van der Waals surface area (Å²) in [4.78, 5) is 27.0. The molecule has 3 rings (SSSR count). The number of carbonyl (C=O) groups is 1. The molecule has 26 heavy (non-hydrogen) atoms. The summed E-state index contributed by atoms with van der Waals surface area (Å²) in [5.41, 5.74) is 0. The summed E-state index contributed by atoms with van der Waals surface area (Å²) in [6, 6.07) is 2.14. The summed E-state index contributed by atoms with van der Waals surface area (Å²) in [5.74, 6) is 1.40. The van der Waals surface area contributed by atoms with E-state index < -0.39 is 6.10 Å². The zero-order valence-corrected chi connectivity index (χ0v) is 15.9. The molecule has 2 aromatic heterocycles. The van der Waals surface area contributed by atoms with E-state index >= 15 is 0 Å². The molecule has 0 aromatic carbocycles. The molecular formula is C17H25N5O3S. The number of fused-ring (bicyclic) bond motifs is 1. The Bertz CT molecular complexity index is 773. The summed E-state index contributed by atoms with van der Waals surface area (Å²) < 4.78 is 0. The lowest BCUT2D eigenvalue weighted by atomic mass is 10.2. The molecule has 0 bridgehead atoms. The molecular weight excluding hydrogens is 354 g/mol. The van der Waals surface area contributed by atoms with Gasteiger partial charge in [0, 0.05) is 44.5 Å². The van der Waals surface area contributed by atoms with E-state index in [1.807, 2.05) is 4.90 Å². The van der Waals surface area contributed by atoms with Gasteiger partial charge in [0.05, 0.1) is 18.1 Å². The van der Waals surface area contributed by atoms with Gasteiger partial charge in [0.2, 0.25) is 11.9 Å². The van der Waals surface area contributed by atoms with E-state index in [1.165, 1.54) is 4.88 Å². The first-order valence-corrected chi connectivity index (χ1v) is 9.67. The highest BCUT2D eigenvalue weighted by Gasteiger charge is 2.23. The smallest absolute Gasteiger partial charge is 0.226 e. The fourth-order valence-corrected chi connectivity index (χ4v) is 3.92. The number of nitrogens with one attached hydrogen (secondary N) is 1. The Labute approximate surface area is 156 Å². The molecule has 9 heteroatoms. The third-order valence-electron chi connectivity index (χ3n) is 4.50. The first-order chi connectivity index (χ1) is 12.5. The Balaban J connectivity index is 1.89. The molecule has 1 aliphatic rings. The topological polar surface area (TPSA) is 102 Å². The van der Waals surface area contributed by atoms with Gasteiger partial charge in [-0.05, 0) is 12.5 Å². The number of piperazine rings is 1. The molecule has 142 valence electrons. The summed E-state index contributed by atoms with van der Waals surface area (Å²) >= 11 is 1.64. The SMILES string of the molecule is CCc1cc2c(N3CCN(C(C)=O)CC3)nc(NC[C@@H](O)CO)nc2s1. The fraction of sp³-hybridized carbons (Fsp3) is 0.588. The normalized spacial score (nSPS) is 16.2. The minimum atomic E-state index is -0.855. The summed E-state index contributed by atoms with van der Waals surface area (Å²) in [6.45, 7) is 6.39. The van der Waals surface area contributed by atoms with E-state index in [2.05, 4.69) is 33.2 Å². The molecule has 3 heterocycles. The Hall–Kier alpha value is -1.97. The molecule has 1 fully saturated rings. The molecule has 0 aliphatic carbocycles. The lowest BCUT2D eigenvalue weighted by Gasteiger charge is -2.35. The highest BCUT2D eigenvalue weighted by atomic mass is 32.1. The number of amides is 1. The van der Waals surface area contributed by atoms with Crippen LogP contribution in [-0.4, -0.2) is 76.4 Å². The van der Waals surface area contributed by atoms with Gasteiger partial charge >= 0.3 is 0 Å². The largest absolute Gasteiger partial charge is 0.394 e. The van der Waals surface area contributed by atoms with Crippen LogP contribution < -0.4 is 10.2 Å². The zero-order chi connectivity index (χ0) is 18.7. The molecule has 1 amide bonds. The summed E-state index contributed by atoms with van der Waals surface area (Å²) in [6.07, 6.45) is 0.0799. The van der Waals surface area contributed by atoms with Crippen LogP contribution in [0.2, 0.25) is 0 Å². The van der Waals surface area contributed by atoms with E-state index in [-0.39, 0.29) is 19.1 Å². The quantitative estimate of drug-likeness (QED) is 0.679. The molecule has 0 saturated carbocycles. The fourth-order valence-electron chi connectivity index (χ4n) is 2.96. The average Bonchev–Trinajstić information content (AvgIpc) is 3.08. The van der Waals surface area contributed by atoms with Crippen molar-refractivity contribution in [3.8, 4) is 0 Å². The van der Waals surface area contributed by atoms with Crippen LogP contribution in [0.4, 0.5) is 11.8 Å². The maximum Gasteiger partial charge on any atom is 0.226 e. The predicted molar refractivity (Wildman–Crippen MR) is 103 cm³/mol. The predicted octanol–water partition coefficient (Wildman–Crippen LogP) is 0.687. The third-order valence-corrected chi connectivity index (χ3v) is 5.68. The van der Waals surface area contributed by atoms with E-state index in [0.717, 1.165) is 35.5 Å². The molecule has 0 unspecified atom stereocenters. The average molecular weight is 379 g/mol. The number of thiophene rings is 1. The van der Waals surface area contributed by atoms with Gasteiger partial charge in [-0.1, -0.05) is 6.92 Å². The van der Waals surface area contributed by atoms with Crippen LogP contribution in [0.3, 0.4) is 0 Å². The van der Waals surface area contributed by atoms with Crippen molar-refractivity contribution in [1.29, 1.82) is 0 Å². The van der Waals surface area contributed by atoms with Gasteiger partial charge in [-0.2, -0.15) is 4.98 Å². The van der Waals surface area contributed by atoms with Gasteiger partial charge in [-0.25, -0.2) is 4.98 Å². The summed E-state index contributed by atoms with van der Waals surface area (Å²) in [7, 11) is 0. The maximum atomic E-state index is 11.6. The second kappa shape index (κ2) is 8.15. The lowest BCUT2D eigenvalue weighted by Crippen LogP contribution is -2.48.